The second kappa shape index (κ2) is 10.3. The van der Waals surface area contributed by atoms with Crippen molar-refractivity contribution in [2.75, 3.05) is 0 Å². The predicted molar refractivity (Wildman–Crippen MR) is 135 cm³/mol. The van der Waals surface area contributed by atoms with Crippen molar-refractivity contribution in [1.82, 2.24) is 19.1 Å². The van der Waals surface area contributed by atoms with E-state index in [2.05, 4.69) is 85.4 Å². The van der Waals surface area contributed by atoms with Gasteiger partial charge in [0.05, 0.1) is 28.0 Å². The molecule has 0 aliphatic carbocycles. The summed E-state index contributed by atoms with van der Waals surface area (Å²) in [5, 5.41) is 0. The van der Waals surface area contributed by atoms with Crippen LogP contribution in [-0.2, 0) is 13.1 Å². The number of aryl methyl sites for hydroxylation is 2. The monoisotopic (exact) mass is 430 g/mol. The molecule has 1 unspecified atom stereocenters. The van der Waals surface area contributed by atoms with Gasteiger partial charge in [-0.15, -0.1) is 0 Å². The van der Waals surface area contributed by atoms with Crippen LogP contribution in [0.25, 0.3) is 22.1 Å². The largest absolute Gasteiger partial charge is 0.327 e. The number of imidazole rings is 2. The van der Waals surface area contributed by atoms with Crippen LogP contribution in [0.2, 0.25) is 0 Å². The van der Waals surface area contributed by atoms with Gasteiger partial charge in [0.2, 0.25) is 0 Å². The van der Waals surface area contributed by atoms with Crippen molar-refractivity contribution < 1.29 is 0 Å². The molecule has 4 rings (SSSR count). The summed E-state index contributed by atoms with van der Waals surface area (Å²) < 4.78 is 4.96. The van der Waals surface area contributed by atoms with E-state index in [9.17, 15) is 0 Å². The van der Waals surface area contributed by atoms with Crippen molar-refractivity contribution in [2.45, 2.75) is 85.2 Å². The highest BCUT2D eigenvalue weighted by molar-refractivity contribution is 5.77. The number of para-hydroxylation sites is 4. The van der Waals surface area contributed by atoms with Crippen LogP contribution >= 0.6 is 0 Å². The van der Waals surface area contributed by atoms with Crippen molar-refractivity contribution in [2.24, 2.45) is 5.92 Å². The van der Waals surface area contributed by atoms with E-state index in [1.165, 1.54) is 41.9 Å². The maximum absolute atomic E-state index is 5.22. The Bertz CT molecular complexity index is 1150. The maximum Gasteiger partial charge on any atom is 0.120 e. The van der Waals surface area contributed by atoms with Crippen LogP contribution < -0.4 is 0 Å². The van der Waals surface area contributed by atoms with Crippen LogP contribution in [0.4, 0.5) is 0 Å². The fourth-order valence-corrected chi connectivity index (χ4v) is 4.68. The number of benzene rings is 2. The van der Waals surface area contributed by atoms with E-state index in [1.807, 2.05) is 0 Å². The standard InChI is InChI=1S/C28H38N4/c1-5-7-13-22(27-29-23-14-9-11-16-25(23)31(27)19-8-6-2)28-30-24-15-10-12-17-26(24)32(28)20-18-21(3)4/h9-12,14-17,21-22H,5-8,13,18-20H2,1-4H3. The molecule has 2 heterocycles. The van der Waals surface area contributed by atoms with E-state index < -0.39 is 0 Å². The molecule has 0 N–H and O–H groups in total. The molecular formula is C28H38N4. The summed E-state index contributed by atoms with van der Waals surface area (Å²) in [5.74, 6) is 3.24. The zero-order chi connectivity index (χ0) is 22.5. The lowest BCUT2D eigenvalue weighted by molar-refractivity contribution is 0.484. The first-order chi connectivity index (χ1) is 15.6. The van der Waals surface area contributed by atoms with Crippen LogP contribution in [0.3, 0.4) is 0 Å². The van der Waals surface area contributed by atoms with E-state index in [4.69, 9.17) is 9.97 Å². The molecule has 0 radical (unpaired) electrons. The third-order valence-corrected chi connectivity index (χ3v) is 6.50. The van der Waals surface area contributed by atoms with Gasteiger partial charge in [-0.2, -0.15) is 0 Å². The van der Waals surface area contributed by atoms with Crippen molar-refractivity contribution in [3.8, 4) is 0 Å². The third-order valence-electron chi connectivity index (χ3n) is 6.50. The number of hydrogen-bond donors (Lipinski definition) is 0. The van der Waals surface area contributed by atoms with Gasteiger partial charge in [-0.05, 0) is 49.4 Å². The van der Waals surface area contributed by atoms with Crippen molar-refractivity contribution in [1.29, 1.82) is 0 Å². The topological polar surface area (TPSA) is 35.6 Å². The lowest BCUT2D eigenvalue weighted by Gasteiger charge is -2.20. The molecule has 4 aromatic rings. The first-order valence-electron chi connectivity index (χ1n) is 12.5. The van der Waals surface area contributed by atoms with Gasteiger partial charge in [-0.25, -0.2) is 9.97 Å². The first-order valence-corrected chi connectivity index (χ1v) is 12.5. The van der Waals surface area contributed by atoms with Gasteiger partial charge in [0, 0.05) is 13.1 Å². The van der Waals surface area contributed by atoms with Crippen LogP contribution in [0, 0.1) is 5.92 Å². The molecule has 1 atom stereocenters. The summed E-state index contributed by atoms with van der Waals surface area (Å²) in [6.45, 7) is 11.2. The highest BCUT2D eigenvalue weighted by atomic mass is 15.1. The minimum absolute atomic E-state index is 0.207. The molecule has 0 amide bonds. The fourth-order valence-electron chi connectivity index (χ4n) is 4.68. The molecule has 0 aliphatic heterocycles. The number of nitrogens with zero attached hydrogens (tertiary/aromatic N) is 4. The second-order valence-electron chi connectivity index (χ2n) is 9.45. The zero-order valence-corrected chi connectivity index (χ0v) is 20.2. The molecule has 32 heavy (non-hydrogen) atoms. The second-order valence-corrected chi connectivity index (χ2v) is 9.45. The van der Waals surface area contributed by atoms with Gasteiger partial charge in [0.15, 0.2) is 0 Å². The van der Waals surface area contributed by atoms with Gasteiger partial charge in [0.1, 0.15) is 11.6 Å². The van der Waals surface area contributed by atoms with Gasteiger partial charge in [-0.3, -0.25) is 0 Å². The summed E-state index contributed by atoms with van der Waals surface area (Å²) in [6.07, 6.45) is 6.93. The molecule has 170 valence electrons. The van der Waals surface area contributed by atoms with Gasteiger partial charge >= 0.3 is 0 Å². The third kappa shape index (κ3) is 4.60. The molecule has 2 aromatic carbocycles. The van der Waals surface area contributed by atoms with Crippen molar-refractivity contribution in [3.63, 3.8) is 0 Å². The number of rotatable bonds is 11. The molecule has 2 aromatic heterocycles. The van der Waals surface area contributed by atoms with E-state index in [0.717, 1.165) is 43.4 Å². The van der Waals surface area contributed by atoms with E-state index >= 15 is 0 Å². The summed E-state index contributed by atoms with van der Waals surface area (Å²) in [4.78, 5) is 10.4. The Labute approximate surface area is 192 Å². The van der Waals surface area contributed by atoms with E-state index in [1.54, 1.807) is 0 Å². The Morgan fingerprint density at radius 3 is 1.75 bits per heavy atom. The zero-order valence-electron chi connectivity index (χ0n) is 20.2. The van der Waals surface area contributed by atoms with Gasteiger partial charge in [0.25, 0.3) is 0 Å². The van der Waals surface area contributed by atoms with Gasteiger partial charge in [-0.1, -0.05) is 71.2 Å². The number of hydrogen-bond acceptors (Lipinski definition) is 2. The summed E-state index contributed by atoms with van der Waals surface area (Å²) in [5.41, 5.74) is 4.71. The summed E-state index contributed by atoms with van der Waals surface area (Å²) in [7, 11) is 0. The van der Waals surface area contributed by atoms with Crippen LogP contribution in [0.15, 0.2) is 48.5 Å². The molecule has 0 fully saturated rings. The number of aromatic nitrogens is 4. The summed E-state index contributed by atoms with van der Waals surface area (Å²) in [6, 6.07) is 17.2. The predicted octanol–water partition coefficient (Wildman–Crippen LogP) is 7.55. The highest BCUT2D eigenvalue weighted by Crippen LogP contribution is 2.34. The molecule has 0 aliphatic rings. The Hall–Kier alpha value is -2.62. The SMILES string of the molecule is CCCCC(c1nc2ccccc2n1CCCC)c1nc2ccccc2n1CCC(C)C. The molecule has 4 heteroatoms. The molecule has 0 spiro atoms. The highest BCUT2D eigenvalue weighted by Gasteiger charge is 2.27. The Kier molecular flexibility index (Phi) is 7.29. The van der Waals surface area contributed by atoms with E-state index in [0.29, 0.717) is 5.92 Å². The van der Waals surface area contributed by atoms with E-state index in [-0.39, 0.29) is 5.92 Å². The lowest BCUT2D eigenvalue weighted by Crippen LogP contribution is -2.16. The normalized spacial score (nSPS) is 12.9. The number of fused-ring (bicyclic) bond motifs is 2. The quantitative estimate of drug-likeness (QED) is 0.246. The Balaban J connectivity index is 1.88. The number of unbranched alkanes of at least 4 members (excludes halogenated alkanes) is 2. The van der Waals surface area contributed by atoms with Gasteiger partial charge < -0.3 is 9.13 Å². The van der Waals surface area contributed by atoms with Crippen LogP contribution in [0.1, 0.15) is 83.8 Å². The van der Waals surface area contributed by atoms with Crippen LogP contribution in [0.5, 0.6) is 0 Å². The smallest absolute Gasteiger partial charge is 0.120 e. The average molecular weight is 431 g/mol. The first kappa shape index (κ1) is 22.6. The average Bonchev–Trinajstić information content (AvgIpc) is 3.35. The Morgan fingerprint density at radius 1 is 0.688 bits per heavy atom. The minimum Gasteiger partial charge on any atom is -0.327 e. The molecule has 0 saturated carbocycles. The maximum atomic E-state index is 5.22. The lowest BCUT2D eigenvalue weighted by atomic mass is 9.99. The molecule has 0 saturated heterocycles. The molecule has 0 bridgehead atoms. The fraction of sp³-hybridized carbons (Fsp3) is 0.500. The Morgan fingerprint density at radius 2 is 1.22 bits per heavy atom. The summed E-state index contributed by atoms with van der Waals surface area (Å²) >= 11 is 0. The minimum atomic E-state index is 0.207. The molecule has 4 nitrogen and oxygen atoms in total. The van der Waals surface area contributed by atoms with Crippen molar-refractivity contribution >= 4 is 22.1 Å². The van der Waals surface area contributed by atoms with Crippen molar-refractivity contribution in [3.05, 3.63) is 60.2 Å². The van der Waals surface area contributed by atoms with Crippen LogP contribution in [-0.4, -0.2) is 19.1 Å². The molecular weight excluding hydrogens is 392 g/mol.